The summed E-state index contributed by atoms with van der Waals surface area (Å²) in [6.45, 7) is 8.41. The van der Waals surface area contributed by atoms with E-state index in [0.29, 0.717) is 24.2 Å². The molecular weight excluding hydrogens is 448 g/mol. The highest BCUT2D eigenvalue weighted by atomic mass is 32.2. The standard InChI is InChI=1S/C23H32N2O5S2/c1-17-6-7-18(23(2,3)4)16-22(17)31(26,27)24-19-12-14-25(15-13-19)32(28,29)21-10-8-20(30-5)9-11-21/h6-11,16,19,24H,12-15H2,1-5H3. The summed E-state index contributed by atoms with van der Waals surface area (Å²) in [5.41, 5.74) is 1.47. The van der Waals surface area contributed by atoms with Gasteiger partial charge in [-0.05, 0) is 66.6 Å². The molecule has 2 aromatic rings. The lowest BCUT2D eigenvalue weighted by Gasteiger charge is -2.31. The van der Waals surface area contributed by atoms with Gasteiger partial charge in [-0.15, -0.1) is 0 Å². The Morgan fingerprint density at radius 3 is 2.09 bits per heavy atom. The van der Waals surface area contributed by atoms with E-state index in [-0.39, 0.29) is 34.3 Å². The van der Waals surface area contributed by atoms with E-state index in [1.165, 1.54) is 23.5 Å². The monoisotopic (exact) mass is 480 g/mol. The van der Waals surface area contributed by atoms with Gasteiger partial charge in [0.25, 0.3) is 0 Å². The molecule has 0 atom stereocenters. The Labute approximate surface area is 191 Å². The summed E-state index contributed by atoms with van der Waals surface area (Å²) >= 11 is 0. The fourth-order valence-electron chi connectivity index (χ4n) is 3.75. The molecule has 32 heavy (non-hydrogen) atoms. The summed E-state index contributed by atoms with van der Waals surface area (Å²) in [6, 6.07) is 11.5. The summed E-state index contributed by atoms with van der Waals surface area (Å²) in [6.07, 6.45) is 0.819. The van der Waals surface area contributed by atoms with Crippen molar-refractivity contribution in [1.82, 2.24) is 9.03 Å². The van der Waals surface area contributed by atoms with E-state index >= 15 is 0 Å². The second-order valence-electron chi connectivity index (χ2n) is 9.21. The van der Waals surface area contributed by atoms with E-state index in [9.17, 15) is 16.8 Å². The molecule has 0 aromatic heterocycles. The van der Waals surface area contributed by atoms with Crippen molar-refractivity contribution < 1.29 is 21.6 Å². The molecule has 176 valence electrons. The highest BCUT2D eigenvalue weighted by Crippen LogP contribution is 2.28. The highest BCUT2D eigenvalue weighted by Gasteiger charge is 2.32. The number of hydrogen-bond donors (Lipinski definition) is 1. The molecule has 0 aliphatic carbocycles. The zero-order valence-corrected chi connectivity index (χ0v) is 20.9. The maximum absolute atomic E-state index is 13.1. The van der Waals surface area contributed by atoms with Gasteiger partial charge >= 0.3 is 0 Å². The number of benzene rings is 2. The molecule has 2 aromatic carbocycles. The summed E-state index contributed by atoms with van der Waals surface area (Å²) in [5, 5.41) is 0. The van der Waals surface area contributed by atoms with Crippen LogP contribution in [0.5, 0.6) is 5.75 Å². The summed E-state index contributed by atoms with van der Waals surface area (Å²) in [4.78, 5) is 0.477. The van der Waals surface area contributed by atoms with Crippen molar-refractivity contribution in [3.05, 3.63) is 53.6 Å². The molecule has 0 amide bonds. The summed E-state index contributed by atoms with van der Waals surface area (Å²) < 4.78 is 61.3. The number of hydrogen-bond acceptors (Lipinski definition) is 5. The molecule has 0 spiro atoms. The summed E-state index contributed by atoms with van der Waals surface area (Å²) in [7, 11) is -5.83. The molecule has 0 bridgehead atoms. The Bertz CT molecular complexity index is 1160. The third kappa shape index (κ3) is 5.33. The quantitative estimate of drug-likeness (QED) is 0.684. The van der Waals surface area contributed by atoms with Crippen LogP contribution in [-0.2, 0) is 25.5 Å². The number of nitrogens with one attached hydrogen (secondary N) is 1. The molecular formula is C23H32N2O5S2. The molecule has 0 unspecified atom stereocenters. The first kappa shape index (κ1) is 24.7. The van der Waals surface area contributed by atoms with Gasteiger partial charge in [0.1, 0.15) is 5.75 Å². The first-order valence-electron chi connectivity index (χ1n) is 10.6. The molecule has 1 saturated heterocycles. The zero-order chi connectivity index (χ0) is 23.7. The van der Waals surface area contributed by atoms with Crippen molar-refractivity contribution in [1.29, 1.82) is 0 Å². The zero-order valence-electron chi connectivity index (χ0n) is 19.3. The van der Waals surface area contributed by atoms with E-state index in [1.807, 2.05) is 32.9 Å². The fourth-order valence-corrected chi connectivity index (χ4v) is 6.80. The van der Waals surface area contributed by atoms with Gasteiger partial charge in [-0.2, -0.15) is 4.31 Å². The Kier molecular flexibility index (Phi) is 7.05. The first-order valence-corrected chi connectivity index (χ1v) is 13.5. The maximum atomic E-state index is 13.1. The summed E-state index contributed by atoms with van der Waals surface area (Å²) in [5.74, 6) is 0.586. The molecule has 3 rings (SSSR count). The van der Waals surface area contributed by atoms with Crippen molar-refractivity contribution >= 4 is 20.0 Å². The van der Waals surface area contributed by atoms with Crippen LogP contribution in [0.25, 0.3) is 0 Å². The highest BCUT2D eigenvalue weighted by molar-refractivity contribution is 7.89. The van der Waals surface area contributed by atoms with Crippen molar-refractivity contribution in [2.24, 2.45) is 0 Å². The predicted octanol–water partition coefficient (Wildman–Crippen LogP) is 3.43. The topological polar surface area (TPSA) is 92.8 Å². The van der Waals surface area contributed by atoms with Gasteiger partial charge in [0.2, 0.25) is 20.0 Å². The number of methoxy groups -OCH3 is 1. The van der Waals surface area contributed by atoms with Crippen molar-refractivity contribution in [2.75, 3.05) is 20.2 Å². The Balaban J connectivity index is 1.70. The molecule has 1 aliphatic heterocycles. The van der Waals surface area contributed by atoms with Crippen LogP contribution in [0.2, 0.25) is 0 Å². The van der Waals surface area contributed by atoms with E-state index in [2.05, 4.69) is 4.72 Å². The Morgan fingerprint density at radius 1 is 0.969 bits per heavy atom. The molecule has 1 fully saturated rings. The van der Waals surface area contributed by atoms with Crippen LogP contribution in [0.15, 0.2) is 52.3 Å². The number of rotatable bonds is 6. The van der Waals surface area contributed by atoms with Crippen molar-refractivity contribution in [3.8, 4) is 5.75 Å². The van der Waals surface area contributed by atoms with Gasteiger partial charge < -0.3 is 4.74 Å². The SMILES string of the molecule is COc1ccc(S(=O)(=O)N2CCC(NS(=O)(=O)c3cc(C(C)(C)C)ccc3C)CC2)cc1. The Hall–Kier alpha value is -1.94. The molecule has 7 nitrogen and oxygen atoms in total. The number of aryl methyl sites for hydroxylation is 1. The number of nitrogens with zero attached hydrogens (tertiary/aromatic N) is 1. The lowest BCUT2D eigenvalue weighted by atomic mass is 9.87. The second kappa shape index (κ2) is 9.13. The van der Waals surface area contributed by atoms with Gasteiger partial charge in [0, 0.05) is 19.1 Å². The van der Waals surface area contributed by atoms with Crippen LogP contribution in [0.1, 0.15) is 44.7 Å². The Morgan fingerprint density at radius 2 is 1.56 bits per heavy atom. The minimum atomic E-state index is -3.72. The van der Waals surface area contributed by atoms with Crippen LogP contribution in [-0.4, -0.2) is 47.4 Å². The van der Waals surface area contributed by atoms with Gasteiger partial charge in [0.05, 0.1) is 16.9 Å². The van der Waals surface area contributed by atoms with Crippen LogP contribution < -0.4 is 9.46 Å². The minimum Gasteiger partial charge on any atom is -0.497 e. The molecule has 9 heteroatoms. The minimum absolute atomic E-state index is 0.168. The van der Waals surface area contributed by atoms with Crippen LogP contribution in [0.3, 0.4) is 0 Å². The van der Waals surface area contributed by atoms with Gasteiger partial charge in [0.15, 0.2) is 0 Å². The van der Waals surface area contributed by atoms with E-state index in [4.69, 9.17) is 4.74 Å². The maximum Gasteiger partial charge on any atom is 0.243 e. The largest absolute Gasteiger partial charge is 0.497 e. The lowest BCUT2D eigenvalue weighted by Crippen LogP contribution is -2.46. The van der Waals surface area contributed by atoms with Gasteiger partial charge in [-0.3, -0.25) is 0 Å². The average Bonchev–Trinajstić information content (AvgIpc) is 2.73. The second-order valence-corrected chi connectivity index (χ2v) is 12.8. The van der Waals surface area contributed by atoms with E-state index < -0.39 is 20.0 Å². The molecule has 1 heterocycles. The molecule has 0 saturated carbocycles. The fraction of sp³-hybridized carbons (Fsp3) is 0.478. The van der Waals surface area contributed by atoms with Crippen molar-refractivity contribution in [3.63, 3.8) is 0 Å². The lowest BCUT2D eigenvalue weighted by molar-refractivity contribution is 0.308. The van der Waals surface area contributed by atoms with Crippen molar-refractivity contribution in [2.45, 2.75) is 61.8 Å². The van der Waals surface area contributed by atoms with E-state index in [1.54, 1.807) is 25.1 Å². The average molecular weight is 481 g/mol. The number of piperidine rings is 1. The third-order valence-electron chi connectivity index (χ3n) is 5.82. The predicted molar refractivity (Wildman–Crippen MR) is 125 cm³/mol. The molecule has 1 aliphatic rings. The molecule has 1 N–H and O–H groups in total. The smallest absolute Gasteiger partial charge is 0.243 e. The number of ether oxygens (including phenoxy) is 1. The molecule has 0 radical (unpaired) electrons. The normalized spacial score (nSPS) is 16.8. The third-order valence-corrected chi connectivity index (χ3v) is 9.39. The van der Waals surface area contributed by atoms with Gasteiger partial charge in [-0.1, -0.05) is 32.9 Å². The van der Waals surface area contributed by atoms with Crippen LogP contribution >= 0.6 is 0 Å². The van der Waals surface area contributed by atoms with Crippen LogP contribution in [0, 0.1) is 6.92 Å². The van der Waals surface area contributed by atoms with E-state index in [0.717, 1.165) is 5.56 Å². The number of sulfonamides is 2. The van der Waals surface area contributed by atoms with Gasteiger partial charge in [-0.25, -0.2) is 21.6 Å². The van der Waals surface area contributed by atoms with Crippen LogP contribution in [0.4, 0.5) is 0 Å². The first-order chi connectivity index (χ1) is 14.8.